The summed E-state index contributed by atoms with van der Waals surface area (Å²) < 4.78 is 12.0. The molecule has 1 heterocycles. The predicted molar refractivity (Wildman–Crippen MR) is 236 cm³/mol. The van der Waals surface area contributed by atoms with E-state index in [1.165, 1.54) is 14.2 Å². The van der Waals surface area contributed by atoms with Crippen LogP contribution in [-0.2, 0) is 38.2 Å². The van der Waals surface area contributed by atoms with Crippen molar-refractivity contribution in [2.45, 2.75) is 155 Å². The van der Waals surface area contributed by atoms with Crippen LogP contribution >= 0.6 is 0 Å². The third-order valence-corrected chi connectivity index (χ3v) is 12.6. The average Bonchev–Trinajstić information content (AvgIpc) is 3.70. The van der Waals surface area contributed by atoms with Gasteiger partial charge in [-0.05, 0) is 69.9 Å². The molecule has 12 atom stereocenters. The molecule has 17 nitrogen and oxygen atoms in total. The zero-order chi connectivity index (χ0) is 47.0. The smallest absolute Gasteiger partial charge is 0.320 e. The molecule has 1 aliphatic heterocycles. The van der Waals surface area contributed by atoms with Crippen molar-refractivity contribution < 1.29 is 53.6 Å². The number of ether oxygens (including phenoxy) is 2. The third kappa shape index (κ3) is 15.4. The summed E-state index contributed by atoms with van der Waals surface area (Å²) in [5.41, 5.74) is 0. The van der Waals surface area contributed by atoms with E-state index in [9.17, 15) is 39.0 Å². The summed E-state index contributed by atoms with van der Waals surface area (Å²) in [6.45, 7) is 13.8. The number of hydrogen-bond donors (Lipinski definition) is 6. The molecule has 4 amide bonds. The van der Waals surface area contributed by atoms with Gasteiger partial charge in [0.2, 0.25) is 23.6 Å². The van der Waals surface area contributed by atoms with Gasteiger partial charge in [-0.25, -0.2) is 0 Å². The minimum Gasteiger partial charge on any atom is -0.481 e. The number of methoxy groups -OCH3 is 2. The number of aliphatic hydroxyl groups is 1. The highest BCUT2D eigenvalue weighted by Crippen LogP contribution is 2.30. The van der Waals surface area contributed by atoms with E-state index in [-0.39, 0.29) is 60.7 Å². The Balaban J connectivity index is 2.33. The Morgan fingerprint density at radius 3 is 2.06 bits per heavy atom. The van der Waals surface area contributed by atoms with Crippen LogP contribution in [0, 0.1) is 29.6 Å². The first-order chi connectivity index (χ1) is 29.1. The van der Waals surface area contributed by atoms with Crippen LogP contribution in [0.5, 0.6) is 0 Å². The van der Waals surface area contributed by atoms with Crippen molar-refractivity contribution >= 4 is 35.6 Å². The number of nitrogens with zero attached hydrogens (tertiary/aromatic N) is 3. The fourth-order valence-electron chi connectivity index (χ4n) is 8.99. The Bertz CT molecular complexity index is 1530. The monoisotopic (exact) mass is 879 g/mol. The van der Waals surface area contributed by atoms with Gasteiger partial charge in [0.25, 0.3) is 0 Å². The number of carbonyl (C=O) groups is 6. The quantitative estimate of drug-likeness (QED) is 0.0654. The van der Waals surface area contributed by atoms with Gasteiger partial charge in [-0.3, -0.25) is 39.0 Å². The van der Waals surface area contributed by atoms with E-state index in [4.69, 9.17) is 14.6 Å². The van der Waals surface area contributed by atoms with Crippen LogP contribution in [0.1, 0.15) is 99.8 Å². The van der Waals surface area contributed by atoms with Crippen molar-refractivity contribution in [2.24, 2.45) is 29.6 Å². The molecule has 17 heteroatoms. The van der Waals surface area contributed by atoms with E-state index in [0.717, 1.165) is 0 Å². The maximum atomic E-state index is 14.4. The van der Waals surface area contributed by atoms with Gasteiger partial charge in [-0.1, -0.05) is 79.2 Å². The molecule has 0 aromatic carbocycles. The fraction of sp³-hybridized carbons (Fsp3) is 0.778. The van der Waals surface area contributed by atoms with E-state index in [0.29, 0.717) is 32.2 Å². The number of hydrogen-bond acceptors (Lipinski definition) is 11. The number of carboxylic acids is 2. The van der Waals surface area contributed by atoms with Gasteiger partial charge in [0, 0.05) is 34.2 Å². The lowest BCUT2D eigenvalue weighted by Gasteiger charge is -2.41. The zero-order valence-electron chi connectivity index (χ0n) is 39.2. The molecule has 354 valence electrons. The second-order valence-electron chi connectivity index (χ2n) is 18.1. The van der Waals surface area contributed by atoms with Crippen molar-refractivity contribution in [1.29, 1.82) is 0 Å². The van der Waals surface area contributed by atoms with E-state index >= 15 is 0 Å². The Hall–Kier alpha value is -3.90. The number of carbonyl (C=O) groups excluding carboxylic acids is 4. The number of nitrogens with one attached hydrogen (secondary N) is 3. The molecular weight excluding hydrogens is 801 g/mol. The van der Waals surface area contributed by atoms with E-state index in [2.05, 4.69) is 16.0 Å². The number of carboxylic acid groups (broad SMARTS) is 2. The number of allylic oxidation sites excluding steroid dienone is 4. The van der Waals surface area contributed by atoms with Crippen LogP contribution in [0.3, 0.4) is 0 Å². The van der Waals surface area contributed by atoms with Crippen LogP contribution in [-0.4, -0.2) is 162 Å². The van der Waals surface area contributed by atoms with Gasteiger partial charge in [0.1, 0.15) is 18.3 Å². The highest BCUT2D eigenvalue weighted by atomic mass is 16.5. The summed E-state index contributed by atoms with van der Waals surface area (Å²) in [5.74, 6) is -4.90. The number of aliphatic carboxylic acids is 2. The maximum Gasteiger partial charge on any atom is 0.320 e. The first kappa shape index (κ1) is 54.2. The lowest BCUT2D eigenvalue weighted by molar-refractivity contribution is -0.148. The van der Waals surface area contributed by atoms with Crippen molar-refractivity contribution in [3.63, 3.8) is 0 Å². The summed E-state index contributed by atoms with van der Waals surface area (Å²) in [5, 5.41) is 38.7. The first-order valence-electron chi connectivity index (χ1n) is 22.2. The van der Waals surface area contributed by atoms with Crippen molar-refractivity contribution in [2.75, 3.05) is 41.9 Å². The second kappa shape index (κ2) is 26.0. The zero-order valence-corrected chi connectivity index (χ0v) is 39.2. The minimum atomic E-state index is -1.53. The molecule has 0 aromatic rings. The number of aliphatic hydroxyl groups excluding tert-OH is 1. The average molecular weight is 879 g/mol. The number of rotatable bonds is 27. The first-order valence-corrected chi connectivity index (χ1v) is 22.2. The molecule has 4 unspecified atom stereocenters. The number of likely N-dealkylation sites (tertiary alicyclic amines) is 1. The molecule has 0 aromatic heterocycles. The van der Waals surface area contributed by atoms with Crippen molar-refractivity contribution in [3.8, 4) is 0 Å². The Kier molecular flexibility index (Phi) is 22.8. The van der Waals surface area contributed by atoms with E-state index < -0.39 is 84.9 Å². The molecule has 0 saturated carbocycles. The molecule has 2 aliphatic rings. The van der Waals surface area contributed by atoms with Gasteiger partial charge in [-0.15, -0.1) is 0 Å². The molecule has 62 heavy (non-hydrogen) atoms. The number of amides is 4. The van der Waals surface area contributed by atoms with Crippen LogP contribution in [0.15, 0.2) is 24.3 Å². The molecule has 2 rings (SSSR count). The standard InChI is InChI=1S/C45H78N6O11/c1-13-28(6)39(50(10)44(58)37(26(2)3)48-43(57)38(27(4)5)49(8)9)34(61-11)25-35(52)51-23-17-20-33(51)40(62-12)29(7)41(55)47-32(24-30-18-15-14-16-19-30)42(56)46-31(45(59)60)21-22-36(53)54/h14-16,18,26-34,37-40,42,46,56H,13,17,19-25H2,1-12H3,(H,47,55)(H,48,57)(H,53,54)(H,59,60)/t28-,29+,30?,31?,32-,33-,34+,37-,38-,39?,40+,42?/m0/s1. The fourth-order valence-corrected chi connectivity index (χ4v) is 8.99. The van der Waals surface area contributed by atoms with Gasteiger partial charge in [-0.2, -0.15) is 0 Å². The number of likely N-dealkylation sites (N-methyl/N-ethyl adjacent to an activating group) is 2. The summed E-state index contributed by atoms with van der Waals surface area (Å²) in [6, 6.07) is -4.58. The molecule has 0 spiro atoms. The van der Waals surface area contributed by atoms with Crippen molar-refractivity contribution in [1.82, 2.24) is 30.7 Å². The maximum absolute atomic E-state index is 14.4. The highest BCUT2D eigenvalue weighted by Gasteiger charge is 2.44. The van der Waals surface area contributed by atoms with Crippen molar-refractivity contribution in [3.05, 3.63) is 24.3 Å². The largest absolute Gasteiger partial charge is 0.481 e. The lowest BCUT2D eigenvalue weighted by Crippen LogP contribution is -2.59. The lowest BCUT2D eigenvalue weighted by atomic mass is 9.89. The Labute approximate surface area is 369 Å². The van der Waals surface area contributed by atoms with Gasteiger partial charge < -0.3 is 45.2 Å². The summed E-state index contributed by atoms with van der Waals surface area (Å²) >= 11 is 0. The molecule has 6 N–H and O–H groups in total. The van der Waals surface area contributed by atoms with Crippen LogP contribution in [0.4, 0.5) is 0 Å². The van der Waals surface area contributed by atoms with E-state index in [1.807, 2.05) is 84.8 Å². The molecule has 1 fully saturated rings. The predicted octanol–water partition coefficient (Wildman–Crippen LogP) is 2.87. The minimum absolute atomic E-state index is 0.0115. The van der Waals surface area contributed by atoms with Crippen LogP contribution in [0.2, 0.25) is 0 Å². The van der Waals surface area contributed by atoms with Gasteiger partial charge in [0.15, 0.2) is 0 Å². The molecule has 0 bridgehead atoms. The van der Waals surface area contributed by atoms with Crippen LogP contribution in [0.25, 0.3) is 0 Å². The molecule has 0 radical (unpaired) electrons. The normalized spacial score (nSPS) is 21.4. The topological polar surface area (TPSA) is 227 Å². The Morgan fingerprint density at radius 1 is 0.903 bits per heavy atom. The molecule has 1 aliphatic carbocycles. The summed E-state index contributed by atoms with van der Waals surface area (Å²) in [4.78, 5) is 84.5. The van der Waals surface area contributed by atoms with E-state index in [1.54, 1.807) is 23.8 Å². The molecule has 1 saturated heterocycles. The summed E-state index contributed by atoms with van der Waals surface area (Å²) in [6.07, 6.45) is 6.72. The van der Waals surface area contributed by atoms with Gasteiger partial charge >= 0.3 is 11.9 Å². The summed E-state index contributed by atoms with van der Waals surface area (Å²) in [7, 11) is 8.36. The Morgan fingerprint density at radius 2 is 1.56 bits per heavy atom. The third-order valence-electron chi connectivity index (χ3n) is 12.6. The highest BCUT2D eigenvalue weighted by molar-refractivity contribution is 5.90. The second-order valence-corrected chi connectivity index (χ2v) is 18.1. The van der Waals surface area contributed by atoms with Gasteiger partial charge in [0.05, 0.1) is 48.7 Å². The SMILES string of the molecule is CC[C@H](C)C([C@@H](CC(=O)N1CCC[C@H]1[C@H](OC)[C@@H](C)C(=O)N[C@@H](CC1C=CC=CC1)C(O)NC(CCC(=O)O)C(=O)O)OC)N(C)C(=O)[C@@H](NC(=O)[C@H](C(C)C)N(C)C)C(C)C. The van der Waals surface area contributed by atoms with Crippen LogP contribution < -0.4 is 16.0 Å². The molecular formula is C45H78N6O11.